The number of aliphatic hydroxyl groups excluding tert-OH is 1. The highest BCUT2D eigenvalue weighted by atomic mass is 16.6. The van der Waals surface area contributed by atoms with Crippen LogP contribution in [-0.4, -0.2) is 91.3 Å². The van der Waals surface area contributed by atoms with Gasteiger partial charge in [0.25, 0.3) is 0 Å². The number of aliphatic hydroxyl groups is 1. The molecule has 39 heavy (non-hydrogen) atoms. The van der Waals surface area contributed by atoms with E-state index in [2.05, 4.69) is 26.6 Å². The highest BCUT2D eigenvalue weighted by Gasteiger charge is 2.25. The quantitative estimate of drug-likeness (QED) is 0.149. The average molecular weight is 552 g/mol. The van der Waals surface area contributed by atoms with Gasteiger partial charge < -0.3 is 41.2 Å². The molecule has 14 heteroatoms. The molecule has 6 N–H and O–H groups in total. The molecule has 1 aromatic carbocycles. The zero-order valence-electron chi connectivity index (χ0n) is 22.5. The lowest BCUT2D eigenvalue weighted by Gasteiger charge is -2.22. The molecule has 0 saturated heterocycles. The molecule has 0 spiro atoms. The predicted octanol–water partition coefficient (Wildman–Crippen LogP) is -1.49. The molecule has 0 radical (unpaired) electrons. The minimum absolute atomic E-state index is 0.123. The lowest BCUT2D eigenvalue weighted by Crippen LogP contribution is -2.53. The van der Waals surface area contributed by atoms with E-state index in [1.54, 1.807) is 58.0 Å². The van der Waals surface area contributed by atoms with E-state index in [9.17, 15) is 33.9 Å². The number of nitrogens with one attached hydrogen (secondary N) is 5. The fraction of sp³-hybridized carbons (Fsp3) is 0.520. The van der Waals surface area contributed by atoms with Crippen LogP contribution in [0.3, 0.4) is 0 Å². The fourth-order valence-electron chi connectivity index (χ4n) is 2.97. The molecule has 5 amide bonds. The van der Waals surface area contributed by atoms with E-state index < -0.39 is 73.1 Å². The first-order valence-electron chi connectivity index (χ1n) is 12.3. The molecule has 0 aliphatic rings. The molecular weight excluding hydrogens is 514 g/mol. The molecule has 0 aromatic heterocycles. The van der Waals surface area contributed by atoms with E-state index >= 15 is 0 Å². The summed E-state index contributed by atoms with van der Waals surface area (Å²) >= 11 is 0. The van der Waals surface area contributed by atoms with Gasteiger partial charge in [-0.1, -0.05) is 30.3 Å². The van der Waals surface area contributed by atoms with Crippen LogP contribution in [0.15, 0.2) is 30.3 Å². The van der Waals surface area contributed by atoms with Crippen molar-refractivity contribution in [3.05, 3.63) is 35.9 Å². The maximum Gasteiger partial charge on any atom is 0.408 e. The maximum absolute atomic E-state index is 12.6. The highest BCUT2D eigenvalue weighted by molar-refractivity contribution is 5.93. The molecule has 0 fully saturated rings. The fourth-order valence-corrected chi connectivity index (χ4v) is 2.97. The first-order chi connectivity index (χ1) is 18.3. The van der Waals surface area contributed by atoms with E-state index in [1.165, 1.54) is 0 Å². The topological polar surface area (TPSA) is 201 Å². The minimum atomic E-state index is -1.36. The zero-order chi connectivity index (χ0) is 29.4. The Labute approximate surface area is 226 Å². The SMILES string of the molecule is CCOC(=O)CNC(=O)[C@H](Cc1ccccc1)NC(=O)CNC(=O)CNC(=O)[C@H](CO)NC(=O)OC(C)(C)C. The van der Waals surface area contributed by atoms with Gasteiger partial charge in [0.1, 0.15) is 24.2 Å². The summed E-state index contributed by atoms with van der Waals surface area (Å²) in [5.41, 5.74) is -0.0675. The third-order valence-electron chi connectivity index (χ3n) is 4.71. The molecule has 0 saturated carbocycles. The Morgan fingerprint density at radius 3 is 2.00 bits per heavy atom. The van der Waals surface area contributed by atoms with Crippen LogP contribution in [-0.2, 0) is 39.9 Å². The Balaban J connectivity index is 2.59. The van der Waals surface area contributed by atoms with Gasteiger partial charge in [-0.15, -0.1) is 0 Å². The van der Waals surface area contributed by atoms with Gasteiger partial charge >= 0.3 is 12.1 Å². The second-order valence-corrected chi connectivity index (χ2v) is 9.21. The Morgan fingerprint density at radius 1 is 0.821 bits per heavy atom. The van der Waals surface area contributed by atoms with Crippen LogP contribution in [0.4, 0.5) is 4.79 Å². The van der Waals surface area contributed by atoms with Crippen molar-refractivity contribution in [1.82, 2.24) is 26.6 Å². The molecule has 1 rings (SSSR count). The summed E-state index contributed by atoms with van der Waals surface area (Å²) in [6.07, 6.45) is -0.799. The number of carbonyl (C=O) groups is 6. The van der Waals surface area contributed by atoms with E-state index in [0.717, 1.165) is 5.56 Å². The molecule has 0 aliphatic heterocycles. The van der Waals surface area contributed by atoms with Gasteiger partial charge in [0.15, 0.2) is 0 Å². The first kappa shape index (κ1) is 32.8. The predicted molar refractivity (Wildman–Crippen MR) is 138 cm³/mol. The van der Waals surface area contributed by atoms with Crippen LogP contribution < -0.4 is 26.6 Å². The van der Waals surface area contributed by atoms with E-state index in [0.29, 0.717) is 0 Å². The number of ether oxygens (including phenoxy) is 2. The van der Waals surface area contributed by atoms with Gasteiger partial charge in [0.2, 0.25) is 23.6 Å². The maximum atomic E-state index is 12.6. The molecule has 0 unspecified atom stereocenters. The largest absolute Gasteiger partial charge is 0.465 e. The van der Waals surface area contributed by atoms with Crippen LogP contribution in [0.25, 0.3) is 0 Å². The van der Waals surface area contributed by atoms with Gasteiger partial charge in [-0.2, -0.15) is 0 Å². The second-order valence-electron chi connectivity index (χ2n) is 9.21. The third kappa shape index (κ3) is 14.4. The minimum Gasteiger partial charge on any atom is -0.465 e. The summed E-state index contributed by atoms with van der Waals surface area (Å²) in [5.74, 6) is -3.52. The van der Waals surface area contributed by atoms with Gasteiger partial charge in [0, 0.05) is 6.42 Å². The molecule has 0 heterocycles. The molecule has 216 valence electrons. The number of amides is 5. The van der Waals surface area contributed by atoms with Crippen molar-refractivity contribution in [2.45, 2.75) is 51.8 Å². The summed E-state index contributed by atoms with van der Waals surface area (Å²) < 4.78 is 9.79. The normalized spacial score (nSPS) is 12.2. The van der Waals surface area contributed by atoms with Crippen LogP contribution in [0.1, 0.15) is 33.3 Å². The number of esters is 1. The van der Waals surface area contributed by atoms with E-state index in [1.807, 2.05) is 0 Å². The number of hydrogen-bond acceptors (Lipinski definition) is 9. The first-order valence-corrected chi connectivity index (χ1v) is 12.3. The zero-order valence-corrected chi connectivity index (χ0v) is 22.5. The summed E-state index contributed by atoms with van der Waals surface area (Å²) in [4.78, 5) is 72.7. The second kappa shape index (κ2) is 16.6. The summed E-state index contributed by atoms with van der Waals surface area (Å²) in [6, 6.07) is 6.45. The van der Waals surface area contributed by atoms with Crippen molar-refractivity contribution < 1.29 is 43.3 Å². The summed E-state index contributed by atoms with van der Waals surface area (Å²) in [5, 5.41) is 21.0. The number of rotatable bonds is 14. The standard InChI is InChI=1S/C25H37N5O9/c1-5-38-21(34)14-28-22(35)17(11-16-9-7-6-8-10-16)29-20(33)13-26-19(32)12-27-23(36)18(15-31)30-24(37)39-25(2,3)4/h6-10,17-18,31H,5,11-15H2,1-4H3,(H,26,32)(H,27,36)(H,28,35)(H,29,33)(H,30,37)/t17-,18-/m0/s1. The Bertz CT molecular complexity index is 995. The highest BCUT2D eigenvalue weighted by Crippen LogP contribution is 2.07. The summed E-state index contributed by atoms with van der Waals surface area (Å²) in [6.45, 7) is 4.49. The molecule has 2 atom stereocenters. The van der Waals surface area contributed by atoms with Crippen LogP contribution in [0, 0.1) is 0 Å². The third-order valence-corrected chi connectivity index (χ3v) is 4.71. The number of carbonyl (C=O) groups excluding carboxylic acids is 6. The average Bonchev–Trinajstić information content (AvgIpc) is 2.87. The molecule has 1 aromatic rings. The Kier molecular flexibility index (Phi) is 14.0. The van der Waals surface area contributed by atoms with E-state index in [-0.39, 0.29) is 19.6 Å². The van der Waals surface area contributed by atoms with Gasteiger partial charge in [-0.3, -0.25) is 24.0 Å². The number of alkyl carbamates (subject to hydrolysis) is 1. The van der Waals surface area contributed by atoms with E-state index in [4.69, 9.17) is 9.47 Å². The Morgan fingerprint density at radius 2 is 1.41 bits per heavy atom. The van der Waals surface area contributed by atoms with Gasteiger partial charge in [0.05, 0.1) is 26.3 Å². The molecule has 0 aliphatic carbocycles. The van der Waals surface area contributed by atoms with Crippen molar-refractivity contribution in [2.24, 2.45) is 0 Å². The van der Waals surface area contributed by atoms with Gasteiger partial charge in [-0.25, -0.2) is 4.79 Å². The number of hydrogen-bond donors (Lipinski definition) is 6. The van der Waals surface area contributed by atoms with Gasteiger partial charge in [-0.05, 0) is 33.3 Å². The van der Waals surface area contributed by atoms with Crippen molar-refractivity contribution >= 4 is 35.7 Å². The Hall–Kier alpha value is -4.20. The van der Waals surface area contributed by atoms with Crippen molar-refractivity contribution in [1.29, 1.82) is 0 Å². The van der Waals surface area contributed by atoms with Crippen LogP contribution in [0.2, 0.25) is 0 Å². The van der Waals surface area contributed by atoms with Crippen LogP contribution in [0.5, 0.6) is 0 Å². The van der Waals surface area contributed by atoms with Crippen molar-refractivity contribution in [2.75, 3.05) is 32.8 Å². The molecule has 14 nitrogen and oxygen atoms in total. The monoisotopic (exact) mass is 551 g/mol. The smallest absolute Gasteiger partial charge is 0.408 e. The lowest BCUT2D eigenvalue weighted by molar-refractivity contribution is -0.143. The molecule has 0 bridgehead atoms. The van der Waals surface area contributed by atoms with Crippen molar-refractivity contribution in [3.63, 3.8) is 0 Å². The summed E-state index contributed by atoms with van der Waals surface area (Å²) in [7, 11) is 0. The molecular formula is C25H37N5O9. The number of benzene rings is 1. The lowest BCUT2D eigenvalue weighted by atomic mass is 10.1. The van der Waals surface area contributed by atoms with Crippen molar-refractivity contribution in [3.8, 4) is 0 Å². The van der Waals surface area contributed by atoms with Crippen LogP contribution >= 0.6 is 0 Å².